The molecular weight excluding hydrogens is 251 g/mol. The van der Waals surface area contributed by atoms with Crippen molar-refractivity contribution >= 4 is 11.9 Å². The zero-order valence-corrected chi connectivity index (χ0v) is 10.3. The molecule has 0 unspecified atom stereocenters. The lowest BCUT2D eigenvalue weighted by Gasteiger charge is -2.05. The molecular formula is C15H12F3N. The van der Waals surface area contributed by atoms with Gasteiger partial charge in [0.05, 0.1) is 11.3 Å². The number of aliphatic imine (C=N–C) groups is 1. The van der Waals surface area contributed by atoms with Crippen LogP contribution in [-0.4, -0.2) is 6.21 Å². The van der Waals surface area contributed by atoms with Gasteiger partial charge in [-0.1, -0.05) is 29.8 Å². The molecule has 4 heteroatoms. The number of benzene rings is 2. The van der Waals surface area contributed by atoms with Gasteiger partial charge < -0.3 is 0 Å². The molecule has 0 fully saturated rings. The van der Waals surface area contributed by atoms with E-state index in [1.807, 2.05) is 31.2 Å². The molecule has 2 aromatic carbocycles. The molecule has 0 amide bonds. The Bertz CT molecular complexity index is 566. The molecule has 0 saturated carbocycles. The maximum atomic E-state index is 12.4. The van der Waals surface area contributed by atoms with Gasteiger partial charge in [-0.3, -0.25) is 4.99 Å². The van der Waals surface area contributed by atoms with E-state index in [4.69, 9.17) is 0 Å². The smallest absolute Gasteiger partial charge is 0.256 e. The fourth-order valence-electron chi connectivity index (χ4n) is 1.54. The molecule has 0 N–H and O–H groups in total. The molecule has 98 valence electrons. The van der Waals surface area contributed by atoms with Gasteiger partial charge in [-0.25, -0.2) is 0 Å². The van der Waals surface area contributed by atoms with Crippen molar-refractivity contribution in [3.63, 3.8) is 0 Å². The summed E-state index contributed by atoms with van der Waals surface area (Å²) in [5.74, 6) is 0. The van der Waals surface area contributed by atoms with Crippen LogP contribution in [0.2, 0.25) is 0 Å². The van der Waals surface area contributed by atoms with Crippen molar-refractivity contribution in [2.24, 2.45) is 4.99 Å². The third-order valence-corrected chi connectivity index (χ3v) is 2.63. The maximum Gasteiger partial charge on any atom is 0.416 e. The molecule has 2 aromatic rings. The molecule has 0 aliphatic heterocycles. The number of alkyl halides is 3. The topological polar surface area (TPSA) is 12.4 Å². The van der Waals surface area contributed by atoms with Crippen LogP contribution in [0.25, 0.3) is 0 Å². The predicted molar refractivity (Wildman–Crippen MR) is 69.9 cm³/mol. The van der Waals surface area contributed by atoms with E-state index in [0.717, 1.165) is 23.4 Å². The van der Waals surface area contributed by atoms with Crippen molar-refractivity contribution in [3.8, 4) is 0 Å². The van der Waals surface area contributed by atoms with Crippen molar-refractivity contribution in [2.75, 3.05) is 0 Å². The molecule has 0 bridgehead atoms. The van der Waals surface area contributed by atoms with Crippen molar-refractivity contribution in [2.45, 2.75) is 13.1 Å². The summed E-state index contributed by atoms with van der Waals surface area (Å²) in [6.45, 7) is 1.98. The van der Waals surface area contributed by atoms with Crippen molar-refractivity contribution in [1.82, 2.24) is 0 Å². The highest BCUT2D eigenvalue weighted by Gasteiger charge is 2.29. The second-order valence-electron chi connectivity index (χ2n) is 4.21. The lowest BCUT2D eigenvalue weighted by atomic mass is 10.1. The largest absolute Gasteiger partial charge is 0.416 e. The van der Waals surface area contributed by atoms with Gasteiger partial charge in [0.25, 0.3) is 0 Å². The number of aryl methyl sites for hydroxylation is 1. The molecule has 2 rings (SSSR count). The summed E-state index contributed by atoms with van der Waals surface area (Å²) >= 11 is 0. The van der Waals surface area contributed by atoms with Crippen LogP contribution in [0.4, 0.5) is 18.9 Å². The summed E-state index contributed by atoms with van der Waals surface area (Å²) in [7, 11) is 0. The summed E-state index contributed by atoms with van der Waals surface area (Å²) < 4.78 is 37.1. The molecule has 0 saturated heterocycles. The highest BCUT2D eigenvalue weighted by molar-refractivity contribution is 5.81. The van der Waals surface area contributed by atoms with E-state index in [9.17, 15) is 13.2 Å². The zero-order chi connectivity index (χ0) is 13.9. The molecule has 1 nitrogen and oxygen atoms in total. The fraction of sp³-hybridized carbons (Fsp3) is 0.133. The van der Waals surface area contributed by atoms with Crippen LogP contribution in [0.1, 0.15) is 16.7 Å². The second-order valence-corrected chi connectivity index (χ2v) is 4.21. The zero-order valence-electron chi connectivity index (χ0n) is 10.3. The van der Waals surface area contributed by atoms with Crippen LogP contribution in [0, 0.1) is 6.92 Å². The Morgan fingerprint density at radius 3 is 2.00 bits per heavy atom. The molecule has 0 aromatic heterocycles. The second kappa shape index (κ2) is 5.26. The minimum Gasteiger partial charge on any atom is -0.256 e. The van der Waals surface area contributed by atoms with Gasteiger partial charge >= 0.3 is 6.18 Å². The van der Waals surface area contributed by atoms with E-state index in [1.54, 1.807) is 6.21 Å². The van der Waals surface area contributed by atoms with E-state index in [0.29, 0.717) is 5.56 Å². The Morgan fingerprint density at radius 2 is 1.47 bits per heavy atom. The van der Waals surface area contributed by atoms with Gasteiger partial charge in [-0.2, -0.15) is 13.2 Å². The minimum atomic E-state index is -4.30. The average molecular weight is 263 g/mol. The highest BCUT2D eigenvalue weighted by Crippen LogP contribution is 2.28. The summed E-state index contributed by atoms with van der Waals surface area (Å²) in [5.41, 5.74) is 1.88. The highest BCUT2D eigenvalue weighted by atomic mass is 19.4. The quantitative estimate of drug-likeness (QED) is 0.692. The van der Waals surface area contributed by atoms with Gasteiger partial charge in [0.1, 0.15) is 0 Å². The summed E-state index contributed by atoms with van der Waals surface area (Å²) in [4.78, 5) is 4.20. The average Bonchev–Trinajstić information content (AvgIpc) is 2.37. The molecule has 0 spiro atoms. The summed E-state index contributed by atoms with van der Waals surface area (Å²) in [6, 6.07) is 12.5. The van der Waals surface area contributed by atoms with Crippen LogP contribution in [0.15, 0.2) is 53.5 Å². The Balaban J connectivity index is 2.13. The van der Waals surface area contributed by atoms with Crippen molar-refractivity contribution in [1.29, 1.82) is 0 Å². The van der Waals surface area contributed by atoms with Gasteiger partial charge in [0.15, 0.2) is 0 Å². The normalized spacial score (nSPS) is 12.0. The Hall–Kier alpha value is -2.10. The SMILES string of the molecule is Cc1ccc(N=Cc2ccc(C(F)(F)F)cc2)cc1. The van der Waals surface area contributed by atoms with Crippen molar-refractivity contribution < 1.29 is 13.2 Å². The fourth-order valence-corrected chi connectivity index (χ4v) is 1.54. The predicted octanol–water partition coefficient (Wildman–Crippen LogP) is 4.76. The number of hydrogen-bond acceptors (Lipinski definition) is 1. The van der Waals surface area contributed by atoms with Crippen LogP contribution < -0.4 is 0 Å². The van der Waals surface area contributed by atoms with E-state index in [2.05, 4.69) is 4.99 Å². The van der Waals surface area contributed by atoms with Gasteiger partial charge in [0, 0.05) is 6.21 Å². The first kappa shape index (κ1) is 13.3. The molecule has 0 heterocycles. The molecule has 0 atom stereocenters. The summed E-state index contributed by atoms with van der Waals surface area (Å²) in [5, 5.41) is 0. The monoisotopic (exact) mass is 263 g/mol. The molecule has 0 aliphatic rings. The van der Waals surface area contributed by atoms with E-state index < -0.39 is 11.7 Å². The lowest BCUT2D eigenvalue weighted by Crippen LogP contribution is -2.04. The van der Waals surface area contributed by atoms with Gasteiger partial charge in [-0.15, -0.1) is 0 Å². The van der Waals surface area contributed by atoms with Crippen molar-refractivity contribution in [3.05, 3.63) is 65.2 Å². The Kier molecular flexibility index (Phi) is 3.69. The molecule has 19 heavy (non-hydrogen) atoms. The third kappa shape index (κ3) is 3.68. The maximum absolute atomic E-state index is 12.4. The standard InChI is InChI=1S/C15H12F3N/c1-11-2-8-14(9-3-11)19-10-12-4-6-13(7-5-12)15(16,17)18/h2-10H,1H3. The van der Waals surface area contributed by atoms with Gasteiger partial charge in [0.2, 0.25) is 0 Å². The first-order valence-electron chi connectivity index (χ1n) is 5.73. The molecule has 0 aliphatic carbocycles. The van der Waals surface area contributed by atoms with Crippen LogP contribution in [0.5, 0.6) is 0 Å². The number of halogens is 3. The van der Waals surface area contributed by atoms with E-state index >= 15 is 0 Å². The first-order chi connectivity index (χ1) is 8.95. The third-order valence-electron chi connectivity index (χ3n) is 2.63. The van der Waals surface area contributed by atoms with Gasteiger partial charge in [-0.05, 0) is 36.8 Å². The Morgan fingerprint density at radius 1 is 0.895 bits per heavy atom. The number of hydrogen-bond donors (Lipinski definition) is 0. The summed E-state index contributed by atoms with van der Waals surface area (Å²) in [6.07, 6.45) is -2.75. The molecule has 0 radical (unpaired) electrons. The minimum absolute atomic E-state index is 0.633. The lowest BCUT2D eigenvalue weighted by molar-refractivity contribution is -0.137. The van der Waals surface area contributed by atoms with E-state index in [-0.39, 0.29) is 0 Å². The van der Waals surface area contributed by atoms with Crippen LogP contribution >= 0.6 is 0 Å². The van der Waals surface area contributed by atoms with E-state index in [1.165, 1.54) is 12.1 Å². The Labute approximate surface area is 109 Å². The van der Waals surface area contributed by atoms with Crippen LogP contribution in [0.3, 0.4) is 0 Å². The number of nitrogens with zero attached hydrogens (tertiary/aromatic N) is 1. The van der Waals surface area contributed by atoms with Crippen LogP contribution in [-0.2, 0) is 6.18 Å². The number of rotatable bonds is 2. The first-order valence-corrected chi connectivity index (χ1v) is 5.73.